The lowest BCUT2D eigenvalue weighted by molar-refractivity contribution is -0.138. The van der Waals surface area contributed by atoms with Gasteiger partial charge in [-0.2, -0.15) is 0 Å². The highest BCUT2D eigenvalue weighted by atomic mass is 16.5. The summed E-state index contributed by atoms with van der Waals surface area (Å²) in [5, 5.41) is 6.28. The van der Waals surface area contributed by atoms with E-state index in [2.05, 4.69) is 15.5 Å². The van der Waals surface area contributed by atoms with Gasteiger partial charge in [0.15, 0.2) is 0 Å². The van der Waals surface area contributed by atoms with Gasteiger partial charge >= 0.3 is 0 Å². The van der Waals surface area contributed by atoms with Gasteiger partial charge in [0.05, 0.1) is 12.5 Å². The summed E-state index contributed by atoms with van der Waals surface area (Å²) in [5.41, 5.74) is 1.05. The van der Waals surface area contributed by atoms with E-state index >= 15 is 0 Å². The zero-order chi connectivity index (χ0) is 19.4. The van der Waals surface area contributed by atoms with Gasteiger partial charge < -0.3 is 15.4 Å². The number of methoxy groups -OCH3 is 1. The number of anilines is 1. The molecule has 2 amide bonds. The minimum Gasteiger partial charge on any atom is -0.384 e. The second-order valence-corrected chi connectivity index (χ2v) is 9.05. The fourth-order valence-corrected chi connectivity index (χ4v) is 6.13. The van der Waals surface area contributed by atoms with Crippen LogP contribution in [0.2, 0.25) is 0 Å². The van der Waals surface area contributed by atoms with Gasteiger partial charge in [-0.1, -0.05) is 24.6 Å². The highest BCUT2D eigenvalue weighted by Gasteiger charge is 2.65. The quantitative estimate of drug-likeness (QED) is 0.818. The second-order valence-electron chi connectivity index (χ2n) is 9.05. The van der Waals surface area contributed by atoms with Crippen molar-refractivity contribution in [1.29, 1.82) is 0 Å². The standard InChI is InChI=1S/C22H29N3O3/c1-28-14-21(9-5-10-21)13-23-19(26)17-12-15-6-4-11-25(15)22(17)16-7-2-3-8-18(16)24-20(22)27/h2-3,7-8,15,17H,4-6,9-14H2,1H3,(H,23,26)(H,24,27)/t15-,17+,22+/m1/s1. The third-order valence-electron chi connectivity index (χ3n) is 7.59. The molecule has 6 heteroatoms. The normalized spacial score (nSPS) is 32.7. The van der Waals surface area contributed by atoms with Crippen LogP contribution in [0.1, 0.15) is 44.1 Å². The van der Waals surface area contributed by atoms with E-state index in [1.807, 2.05) is 24.3 Å². The summed E-state index contributed by atoms with van der Waals surface area (Å²) < 4.78 is 5.40. The molecule has 3 atom stereocenters. The van der Waals surface area contributed by atoms with E-state index in [0.717, 1.165) is 49.9 Å². The Balaban J connectivity index is 1.45. The van der Waals surface area contributed by atoms with E-state index < -0.39 is 5.54 Å². The first-order valence-corrected chi connectivity index (χ1v) is 10.6. The van der Waals surface area contributed by atoms with Crippen molar-refractivity contribution in [2.45, 2.75) is 50.1 Å². The summed E-state index contributed by atoms with van der Waals surface area (Å²) in [6.45, 7) is 2.20. The zero-order valence-electron chi connectivity index (χ0n) is 16.5. The molecule has 1 aromatic rings. The Morgan fingerprint density at radius 2 is 2.14 bits per heavy atom. The van der Waals surface area contributed by atoms with Gasteiger partial charge in [0.25, 0.3) is 0 Å². The number of carbonyl (C=O) groups is 2. The van der Waals surface area contributed by atoms with Crippen molar-refractivity contribution >= 4 is 17.5 Å². The summed E-state index contributed by atoms with van der Waals surface area (Å²) in [5.74, 6) is -0.363. The minimum atomic E-state index is -0.851. The Labute approximate surface area is 166 Å². The fourth-order valence-electron chi connectivity index (χ4n) is 6.13. The lowest BCUT2D eigenvalue weighted by atomic mass is 9.69. The molecule has 1 aromatic carbocycles. The van der Waals surface area contributed by atoms with Gasteiger partial charge in [0, 0.05) is 36.4 Å². The van der Waals surface area contributed by atoms with Gasteiger partial charge in [-0.25, -0.2) is 0 Å². The molecule has 1 aliphatic carbocycles. The highest BCUT2D eigenvalue weighted by molar-refractivity contribution is 6.09. The van der Waals surface area contributed by atoms with Crippen LogP contribution in [0.5, 0.6) is 0 Å². The van der Waals surface area contributed by atoms with E-state index in [9.17, 15) is 9.59 Å². The molecule has 2 N–H and O–H groups in total. The molecule has 5 rings (SSSR count). The van der Waals surface area contributed by atoms with Crippen molar-refractivity contribution < 1.29 is 14.3 Å². The molecule has 0 radical (unpaired) electrons. The molecular weight excluding hydrogens is 354 g/mol. The molecule has 0 bridgehead atoms. The number of carbonyl (C=O) groups excluding carboxylic acids is 2. The summed E-state index contributed by atoms with van der Waals surface area (Å²) in [6, 6.07) is 8.19. The number of benzene rings is 1. The summed E-state index contributed by atoms with van der Waals surface area (Å²) in [7, 11) is 1.72. The predicted octanol–water partition coefficient (Wildman–Crippen LogP) is 2.25. The van der Waals surface area contributed by atoms with E-state index in [1.54, 1.807) is 7.11 Å². The molecule has 28 heavy (non-hydrogen) atoms. The topological polar surface area (TPSA) is 70.7 Å². The van der Waals surface area contributed by atoms with Crippen LogP contribution in [0.3, 0.4) is 0 Å². The Kier molecular flexibility index (Phi) is 4.25. The third-order valence-corrected chi connectivity index (χ3v) is 7.59. The molecule has 1 spiro atoms. The van der Waals surface area contributed by atoms with Crippen LogP contribution in [-0.4, -0.2) is 49.6 Å². The average Bonchev–Trinajstić information content (AvgIpc) is 3.32. The summed E-state index contributed by atoms with van der Waals surface area (Å²) >= 11 is 0. The zero-order valence-corrected chi connectivity index (χ0v) is 16.5. The number of hydrogen-bond acceptors (Lipinski definition) is 4. The Bertz CT molecular complexity index is 806. The Morgan fingerprint density at radius 1 is 1.32 bits per heavy atom. The first kappa shape index (κ1) is 18.1. The van der Waals surface area contributed by atoms with E-state index in [1.165, 1.54) is 6.42 Å². The summed E-state index contributed by atoms with van der Waals surface area (Å²) in [4.78, 5) is 29.1. The van der Waals surface area contributed by atoms with Crippen LogP contribution in [-0.2, 0) is 19.9 Å². The van der Waals surface area contributed by atoms with Gasteiger partial charge in [-0.05, 0) is 44.7 Å². The highest BCUT2D eigenvalue weighted by Crippen LogP contribution is 2.55. The number of nitrogens with zero attached hydrogens (tertiary/aromatic N) is 1. The van der Waals surface area contributed by atoms with Crippen molar-refractivity contribution in [3.05, 3.63) is 29.8 Å². The predicted molar refractivity (Wildman–Crippen MR) is 106 cm³/mol. The Hall–Kier alpha value is -1.92. The Morgan fingerprint density at radius 3 is 2.89 bits per heavy atom. The lowest BCUT2D eigenvalue weighted by Crippen LogP contribution is -2.55. The molecule has 3 heterocycles. The van der Waals surface area contributed by atoms with Crippen LogP contribution in [0, 0.1) is 11.3 Å². The maximum absolute atomic E-state index is 13.4. The van der Waals surface area contributed by atoms with Gasteiger partial charge in [-0.3, -0.25) is 14.5 Å². The lowest BCUT2D eigenvalue weighted by Gasteiger charge is -2.42. The van der Waals surface area contributed by atoms with Crippen LogP contribution in [0.15, 0.2) is 24.3 Å². The largest absolute Gasteiger partial charge is 0.384 e. The van der Waals surface area contributed by atoms with E-state index in [0.29, 0.717) is 19.2 Å². The molecule has 150 valence electrons. The first-order valence-electron chi connectivity index (χ1n) is 10.6. The van der Waals surface area contributed by atoms with Gasteiger partial charge in [0.1, 0.15) is 5.54 Å². The number of rotatable bonds is 5. The molecule has 2 saturated heterocycles. The van der Waals surface area contributed by atoms with Crippen molar-refractivity contribution in [2.75, 3.05) is 32.1 Å². The van der Waals surface area contributed by atoms with Gasteiger partial charge in [-0.15, -0.1) is 0 Å². The van der Waals surface area contributed by atoms with Crippen molar-refractivity contribution in [3.8, 4) is 0 Å². The fraction of sp³-hybridized carbons (Fsp3) is 0.636. The number of fused-ring (bicyclic) bond motifs is 4. The molecule has 0 aromatic heterocycles. The monoisotopic (exact) mass is 383 g/mol. The molecule has 3 fully saturated rings. The third kappa shape index (κ3) is 2.40. The van der Waals surface area contributed by atoms with Crippen molar-refractivity contribution in [3.63, 3.8) is 0 Å². The molecule has 1 saturated carbocycles. The maximum atomic E-state index is 13.4. The van der Waals surface area contributed by atoms with Crippen LogP contribution in [0.25, 0.3) is 0 Å². The van der Waals surface area contributed by atoms with Crippen LogP contribution < -0.4 is 10.6 Å². The maximum Gasteiger partial charge on any atom is 0.250 e. The van der Waals surface area contributed by atoms with Crippen molar-refractivity contribution in [2.24, 2.45) is 11.3 Å². The molecular formula is C22H29N3O3. The number of nitrogens with one attached hydrogen (secondary N) is 2. The number of para-hydroxylation sites is 1. The average molecular weight is 383 g/mol. The number of hydrogen-bond donors (Lipinski definition) is 2. The minimum absolute atomic E-state index is 0.0173. The van der Waals surface area contributed by atoms with E-state index in [-0.39, 0.29) is 23.1 Å². The number of ether oxygens (including phenoxy) is 1. The SMILES string of the molecule is COCC1(CNC(=O)[C@@H]2C[C@H]3CCCN3[C@]23C(=O)Nc2ccccc23)CCC1. The first-order chi connectivity index (χ1) is 13.6. The van der Waals surface area contributed by atoms with Crippen molar-refractivity contribution in [1.82, 2.24) is 10.2 Å². The van der Waals surface area contributed by atoms with Gasteiger partial charge in [0.2, 0.25) is 11.8 Å². The second kappa shape index (κ2) is 6.56. The molecule has 6 nitrogen and oxygen atoms in total. The van der Waals surface area contributed by atoms with E-state index in [4.69, 9.17) is 4.74 Å². The molecule has 3 aliphatic heterocycles. The van der Waals surface area contributed by atoms with Crippen LogP contribution in [0.4, 0.5) is 5.69 Å². The smallest absolute Gasteiger partial charge is 0.250 e. The number of amides is 2. The molecule has 0 unspecified atom stereocenters. The summed E-state index contributed by atoms with van der Waals surface area (Å²) in [6.07, 6.45) is 6.29. The molecule has 4 aliphatic rings. The van der Waals surface area contributed by atoms with Crippen LogP contribution >= 0.6 is 0 Å².